The van der Waals surface area contributed by atoms with Gasteiger partial charge in [-0.05, 0) is 57.1 Å². The molecule has 0 aromatic heterocycles. The molecule has 1 heterocycles. The van der Waals surface area contributed by atoms with Crippen molar-refractivity contribution in [2.45, 2.75) is 25.8 Å². The lowest BCUT2D eigenvalue weighted by Crippen LogP contribution is -2.36. The fourth-order valence-corrected chi connectivity index (χ4v) is 3.14. The van der Waals surface area contributed by atoms with Crippen LogP contribution in [0.1, 0.15) is 19.8 Å². The van der Waals surface area contributed by atoms with Gasteiger partial charge in [0.2, 0.25) is 0 Å². The van der Waals surface area contributed by atoms with Crippen LogP contribution in [0, 0.1) is 5.92 Å². The summed E-state index contributed by atoms with van der Waals surface area (Å²) >= 11 is 0. The SMILES string of the molecule is CCC(C1CCN(c2ccc(N)cc2)C1)N(C)C. The summed E-state index contributed by atoms with van der Waals surface area (Å²) < 4.78 is 0. The molecule has 0 saturated carbocycles. The van der Waals surface area contributed by atoms with E-state index in [9.17, 15) is 0 Å². The number of hydrogen-bond donors (Lipinski definition) is 1. The molecule has 1 aromatic rings. The average Bonchev–Trinajstić information content (AvgIpc) is 2.80. The van der Waals surface area contributed by atoms with E-state index in [1.165, 1.54) is 31.6 Å². The van der Waals surface area contributed by atoms with Gasteiger partial charge in [0, 0.05) is 30.5 Å². The highest BCUT2D eigenvalue weighted by Crippen LogP contribution is 2.28. The molecule has 0 aliphatic carbocycles. The third kappa shape index (κ3) is 2.78. The van der Waals surface area contributed by atoms with Crippen molar-refractivity contribution in [2.24, 2.45) is 5.92 Å². The van der Waals surface area contributed by atoms with E-state index >= 15 is 0 Å². The van der Waals surface area contributed by atoms with Crippen molar-refractivity contribution in [1.29, 1.82) is 0 Å². The van der Waals surface area contributed by atoms with Crippen LogP contribution in [0.15, 0.2) is 24.3 Å². The molecule has 2 rings (SSSR count). The molecular weight excluding hydrogens is 222 g/mol. The zero-order valence-corrected chi connectivity index (χ0v) is 11.8. The van der Waals surface area contributed by atoms with Crippen molar-refractivity contribution in [2.75, 3.05) is 37.8 Å². The van der Waals surface area contributed by atoms with Gasteiger partial charge < -0.3 is 15.5 Å². The molecule has 100 valence electrons. The lowest BCUT2D eigenvalue weighted by molar-refractivity contribution is 0.215. The van der Waals surface area contributed by atoms with Gasteiger partial charge in [-0.15, -0.1) is 0 Å². The van der Waals surface area contributed by atoms with Crippen LogP contribution in [0.2, 0.25) is 0 Å². The minimum atomic E-state index is 0.698. The first-order chi connectivity index (χ1) is 8.61. The first kappa shape index (κ1) is 13.2. The normalized spacial score (nSPS) is 21.6. The summed E-state index contributed by atoms with van der Waals surface area (Å²) in [6, 6.07) is 8.95. The Labute approximate surface area is 111 Å². The quantitative estimate of drug-likeness (QED) is 0.829. The second kappa shape index (κ2) is 5.61. The van der Waals surface area contributed by atoms with Crippen LogP contribution in [-0.2, 0) is 0 Å². The summed E-state index contributed by atoms with van der Waals surface area (Å²) in [7, 11) is 4.39. The standard InChI is InChI=1S/C15H25N3/c1-4-15(17(2)3)12-9-10-18(11-12)14-7-5-13(16)6-8-14/h5-8,12,15H,4,9-11,16H2,1-3H3. The Bertz CT molecular complexity index is 372. The number of nitrogens with zero attached hydrogens (tertiary/aromatic N) is 2. The van der Waals surface area contributed by atoms with E-state index in [1.807, 2.05) is 12.1 Å². The summed E-state index contributed by atoms with van der Waals surface area (Å²) in [6.07, 6.45) is 2.52. The molecule has 1 aromatic carbocycles. The van der Waals surface area contributed by atoms with Crippen LogP contribution in [-0.4, -0.2) is 38.1 Å². The van der Waals surface area contributed by atoms with E-state index in [0.29, 0.717) is 6.04 Å². The molecule has 1 fully saturated rings. The Hall–Kier alpha value is -1.22. The van der Waals surface area contributed by atoms with Crippen LogP contribution in [0.4, 0.5) is 11.4 Å². The van der Waals surface area contributed by atoms with Gasteiger partial charge in [0.05, 0.1) is 0 Å². The molecule has 2 unspecified atom stereocenters. The van der Waals surface area contributed by atoms with Gasteiger partial charge in [-0.25, -0.2) is 0 Å². The molecule has 2 N–H and O–H groups in total. The molecule has 1 aliphatic rings. The predicted molar refractivity (Wildman–Crippen MR) is 78.9 cm³/mol. The van der Waals surface area contributed by atoms with Crippen LogP contribution in [0.3, 0.4) is 0 Å². The Balaban J connectivity index is 2.01. The van der Waals surface area contributed by atoms with Crippen molar-refractivity contribution in [3.05, 3.63) is 24.3 Å². The van der Waals surface area contributed by atoms with Crippen LogP contribution in [0.5, 0.6) is 0 Å². The molecular formula is C15H25N3. The maximum Gasteiger partial charge on any atom is 0.0367 e. The topological polar surface area (TPSA) is 32.5 Å². The predicted octanol–water partition coefficient (Wildman–Crippen LogP) is 2.44. The van der Waals surface area contributed by atoms with Crippen molar-refractivity contribution in [1.82, 2.24) is 4.90 Å². The molecule has 0 radical (unpaired) electrons. The molecule has 0 spiro atoms. The molecule has 2 atom stereocenters. The van der Waals surface area contributed by atoms with E-state index < -0.39 is 0 Å². The van der Waals surface area contributed by atoms with Crippen molar-refractivity contribution in [3.8, 4) is 0 Å². The zero-order chi connectivity index (χ0) is 13.1. The molecule has 0 amide bonds. The summed E-state index contributed by atoms with van der Waals surface area (Å²) in [4.78, 5) is 4.85. The van der Waals surface area contributed by atoms with Crippen molar-refractivity contribution in [3.63, 3.8) is 0 Å². The van der Waals surface area contributed by atoms with Crippen LogP contribution in [0.25, 0.3) is 0 Å². The van der Waals surface area contributed by atoms with Crippen LogP contribution >= 0.6 is 0 Å². The first-order valence-corrected chi connectivity index (χ1v) is 6.88. The van der Waals surface area contributed by atoms with E-state index in [2.05, 4.69) is 43.0 Å². The zero-order valence-electron chi connectivity index (χ0n) is 11.8. The maximum atomic E-state index is 5.74. The average molecular weight is 247 g/mol. The van der Waals surface area contributed by atoms with Gasteiger partial charge in [0.1, 0.15) is 0 Å². The number of hydrogen-bond acceptors (Lipinski definition) is 3. The number of rotatable bonds is 4. The van der Waals surface area contributed by atoms with Crippen molar-refractivity contribution < 1.29 is 0 Å². The summed E-state index contributed by atoms with van der Waals surface area (Å²) in [6.45, 7) is 4.62. The van der Waals surface area contributed by atoms with E-state index in [1.54, 1.807) is 0 Å². The summed E-state index contributed by atoms with van der Waals surface area (Å²) in [5.41, 5.74) is 7.88. The Kier molecular flexibility index (Phi) is 4.12. The van der Waals surface area contributed by atoms with E-state index in [-0.39, 0.29) is 0 Å². The lowest BCUT2D eigenvalue weighted by atomic mass is 9.96. The minimum absolute atomic E-state index is 0.698. The highest BCUT2D eigenvalue weighted by Gasteiger charge is 2.29. The monoisotopic (exact) mass is 247 g/mol. The summed E-state index contributed by atoms with van der Waals surface area (Å²) in [5, 5.41) is 0. The van der Waals surface area contributed by atoms with Gasteiger partial charge in [-0.1, -0.05) is 6.92 Å². The number of anilines is 2. The molecule has 18 heavy (non-hydrogen) atoms. The molecule has 1 aliphatic heterocycles. The molecule has 3 heteroatoms. The lowest BCUT2D eigenvalue weighted by Gasteiger charge is -2.29. The van der Waals surface area contributed by atoms with E-state index in [4.69, 9.17) is 5.73 Å². The summed E-state index contributed by atoms with van der Waals surface area (Å²) in [5.74, 6) is 0.780. The van der Waals surface area contributed by atoms with Gasteiger partial charge in [-0.2, -0.15) is 0 Å². The molecule has 1 saturated heterocycles. The van der Waals surface area contributed by atoms with Crippen LogP contribution < -0.4 is 10.6 Å². The highest BCUT2D eigenvalue weighted by molar-refractivity contribution is 5.53. The molecule has 3 nitrogen and oxygen atoms in total. The van der Waals surface area contributed by atoms with Gasteiger partial charge in [0.15, 0.2) is 0 Å². The Morgan fingerprint density at radius 3 is 2.56 bits per heavy atom. The third-order valence-corrected chi connectivity index (χ3v) is 4.11. The second-order valence-corrected chi connectivity index (χ2v) is 5.53. The van der Waals surface area contributed by atoms with E-state index in [0.717, 1.165) is 11.6 Å². The number of benzene rings is 1. The minimum Gasteiger partial charge on any atom is -0.399 e. The van der Waals surface area contributed by atoms with Gasteiger partial charge in [-0.3, -0.25) is 0 Å². The number of nitrogen functional groups attached to an aromatic ring is 1. The fraction of sp³-hybridized carbons (Fsp3) is 0.600. The smallest absolute Gasteiger partial charge is 0.0367 e. The largest absolute Gasteiger partial charge is 0.399 e. The maximum absolute atomic E-state index is 5.74. The number of nitrogens with two attached hydrogens (primary N) is 1. The van der Waals surface area contributed by atoms with Gasteiger partial charge >= 0.3 is 0 Å². The highest BCUT2D eigenvalue weighted by atomic mass is 15.2. The first-order valence-electron chi connectivity index (χ1n) is 6.88. The Morgan fingerprint density at radius 2 is 2.00 bits per heavy atom. The molecule has 0 bridgehead atoms. The third-order valence-electron chi connectivity index (χ3n) is 4.11. The van der Waals surface area contributed by atoms with Crippen molar-refractivity contribution >= 4 is 11.4 Å². The fourth-order valence-electron chi connectivity index (χ4n) is 3.14. The Morgan fingerprint density at radius 1 is 1.33 bits per heavy atom. The second-order valence-electron chi connectivity index (χ2n) is 5.53. The van der Waals surface area contributed by atoms with Gasteiger partial charge in [0.25, 0.3) is 0 Å².